The van der Waals surface area contributed by atoms with Crippen LogP contribution in [0.4, 0.5) is 0 Å². The van der Waals surface area contributed by atoms with Gasteiger partial charge < -0.3 is 14.4 Å². The number of likely N-dealkylation sites (N-methyl/N-ethyl adjacent to an activating group) is 1. The number of hydrogen-bond acceptors (Lipinski definition) is 7. The maximum atomic E-state index is 5.54. The maximum Gasteiger partial charge on any atom is 0.263 e. The van der Waals surface area contributed by atoms with Crippen molar-refractivity contribution in [2.75, 3.05) is 26.7 Å². The van der Waals surface area contributed by atoms with E-state index in [-0.39, 0.29) is 6.04 Å². The SMILES string of the molecule is Cc1onc(-c2ccccc2)c1-c1nc(C2CNCCN2C)no1. The highest BCUT2D eigenvalue weighted by Gasteiger charge is 2.28. The van der Waals surface area contributed by atoms with Gasteiger partial charge in [-0.05, 0) is 14.0 Å². The second kappa shape index (κ2) is 6.18. The third-order valence-corrected chi connectivity index (χ3v) is 4.37. The Morgan fingerprint density at radius 3 is 2.79 bits per heavy atom. The molecular formula is C17H19N5O2. The Hall–Kier alpha value is -2.51. The summed E-state index contributed by atoms with van der Waals surface area (Å²) in [5.41, 5.74) is 2.44. The minimum atomic E-state index is 0.108. The van der Waals surface area contributed by atoms with E-state index in [9.17, 15) is 0 Å². The van der Waals surface area contributed by atoms with Crippen molar-refractivity contribution < 1.29 is 9.05 Å². The first-order valence-electron chi connectivity index (χ1n) is 8.00. The monoisotopic (exact) mass is 325 g/mol. The van der Waals surface area contributed by atoms with Crippen LogP contribution in [0.15, 0.2) is 39.4 Å². The molecule has 1 N–H and O–H groups in total. The molecule has 7 heteroatoms. The zero-order chi connectivity index (χ0) is 16.5. The van der Waals surface area contributed by atoms with Crippen molar-refractivity contribution in [2.24, 2.45) is 0 Å². The largest absolute Gasteiger partial charge is 0.360 e. The molecule has 1 aliphatic heterocycles. The summed E-state index contributed by atoms with van der Waals surface area (Å²) in [6, 6.07) is 9.97. The molecule has 0 bridgehead atoms. The molecule has 0 saturated carbocycles. The lowest BCUT2D eigenvalue weighted by atomic mass is 10.1. The Labute approximate surface area is 139 Å². The number of aromatic nitrogens is 3. The van der Waals surface area contributed by atoms with Gasteiger partial charge in [-0.25, -0.2) is 0 Å². The lowest BCUT2D eigenvalue weighted by molar-refractivity contribution is 0.190. The number of nitrogens with zero attached hydrogens (tertiary/aromatic N) is 4. The van der Waals surface area contributed by atoms with Crippen LogP contribution in [0.2, 0.25) is 0 Å². The Morgan fingerprint density at radius 2 is 2.00 bits per heavy atom. The van der Waals surface area contributed by atoms with E-state index in [2.05, 4.69) is 32.6 Å². The van der Waals surface area contributed by atoms with Crippen LogP contribution < -0.4 is 5.32 Å². The van der Waals surface area contributed by atoms with Crippen molar-refractivity contribution >= 4 is 0 Å². The molecule has 2 aromatic heterocycles. The van der Waals surface area contributed by atoms with Crippen molar-refractivity contribution in [2.45, 2.75) is 13.0 Å². The van der Waals surface area contributed by atoms with Gasteiger partial charge in [0.05, 0.1) is 6.04 Å². The number of benzene rings is 1. The van der Waals surface area contributed by atoms with Crippen LogP contribution >= 0.6 is 0 Å². The zero-order valence-corrected chi connectivity index (χ0v) is 13.7. The number of aryl methyl sites for hydroxylation is 1. The van der Waals surface area contributed by atoms with Gasteiger partial charge in [0, 0.05) is 25.2 Å². The molecule has 0 radical (unpaired) electrons. The molecular weight excluding hydrogens is 306 g/mol. The Morgan fingerprint density at radius 1 is 1.17 bits per heavy atom. The lowest BCUT2D eigenvalue weighted by Crippen LogP contribution is -2.44. The predicted molar refractivity (Wildman–Crippen MR) is 88.2 cm³/mol. The van der Waals surface area contributed by atoms with Crippen LogP contribution in [-0.4, -0.2) is 46.9 Å². The van der Waals surface area contributed by atoms with E-state index in [0.29, 0.717) is 17.5 Å². The van der Waals surface area contributed by atoms with Gasteiger partial charge >= 0.3 is 0 Å². The fourth-order valence-electron chi connectivity index (χ4n) is 2.98. The van der Waals surface area contributed by atoms with E-state index in [4.69, 9.17) is 9.05 Å². The quantitative estimate of drug-likeness (QED) is 0.791. The van der Waals surface area contributed by atoms with Crippen molar-refractivity contribution in [3.63, 3.8) is 0 Å². The third kappa shape index (κ3) is 2.61. The summed E-state index contributed by atoms with van der Waals surface area (Å²) >= 11 is 0. The predicted octanol–water partition coefficient (Wildman–Crippen LogP) is 2.28. The van der Waals surface area contributed by atoms with Crippen LogP contribution in [0.5, 0.6) is 0 Å². The second-order valence-corrected chi connectivity index (χ2v) is 5.99. The molecule has 7 nitrogen and oxygen atoms in total. The molecule has 4 rings (SSSR count). The summed E-state index contributed by atoms with van der Waals surface area (Å²) in [5.74, 6) is 1.79. The normalized spacial score (nSPS) is 18.8. The molecule has 124 valence electrons. The van der Waals surface area contributed by atoms with Crippen molar-refractivity contribution in [3.05, 3.63) is 41.9 Å². The molecule has 1 aromatic carbocycles. The number of rotatable bonds is 3. The van der Waals surface area contributed by atoms with E-state index in [1.807, 2.05) is 37.3 Å². The summed E-state index contributed by atoms with van der Waals surface area (Å²) < 4.78 is 10.9. The lowest BCUT2D eigenvalue weighted by Gasteiger charge is -2.30. The van der Waals surface area contributed by atoms with Gasteiger partial charge in [-0.2, -0.15) is 4.98 Å². The molecule has 1 fully saturated rings. The van der Waals surface area contributed by atoms with E-state index in [1.54, 1.807) is 0 Å². The number of piperazine rings is 1. The summed E-state index contributed by atoms with van der Waals surface area (Å²) in [4.78, 5) is 6.84. The van der Waals surface area contributed by atoms with E-state index in [0.717, 1.165) is 36.5 Å². The first kappa shape index (κ1) is 15.0. The van der Waals surface area contributed by atoms with Crippen LogP contribution in [0.25, 0.3) is 22.7 Å². The van der Waals surface area contributed by atoms with Crippen LogP contribution in [0.3, 0.4) is 0 Å². The fourth-order valence-corrected chi connectivity index (χ4v) is 2.98. The second-order valence-electron chi connectivity index (χ2n) is 5.99. The van der Waals surface area contributed by atoms with Gasteiger partial charge in [0.25, 0.3) is 5.89 Å². The number of nitrogens with one attached hydrogen (secondary N) is 1. The Kier molecular flexibility index (Phi) is 3.87. The summed E-state index contributed by atoms with van der Waals surface area (Å²) in [6.45, 7) is 4.59. The van der Waals surface area contributed by atoms with Gasteiger partial charge in [0.15, 0.2) is 5.82 Å². The first-order chi connectivity index (χ1) is 11.7. The van der Waals surface area contributed by atoms with Gasteiger partial charge in [-0.1, -0.05) is 40.6 Å². The molecule has 0 aliphatic carbocycles. The zero-order valence-electron chi connectivity index (χ0n) is 13.7. The first-order valence-corrected chi connectivity index (χ1v) is 8.00. The molecule has 1 aliphatic rings. The topological polar surface area (TPSA) is 80.2 Å². The smallest absolute Gasteiger partial charge is 0.263 e. The highest BCUT2D eigenvalue weighted by molar-refractivity contribution is 5.77. The maximum absolute atomic E-state index is 5.54. The van der Waals surface area contributed by atoms with Crippen LogP contribution in [0, 0.1) is 6.92 Å². The van der Waals surface area contributed by atoms with E-state index < -0.39 is 0 Å². The van der Waals surface area contributed by atoms with Gasteiger partial charge in [-0.15, -0.1) is 0 Å². The molecule has 24 heavy (non-hydrogen) atoms. The van der Waals surface area contributed by atoms with Crippen LogP contribution in [-0.2, 0) is 0 Å². The average Bonchev–Trinajstić information content (AvgIpc) is 3.22. The van der Waals surface area contributed by atoms with Crippen molar-refractivity contribution in [1.82, 2.24) is 25.5 Å². The van der Waals surface area contributed by atoms with E-state index >= 15 is 0 Å². The molecule has 3 aromatic rings. The molecule has 1 unspecified atom stereocenters. The van der Waals surface area contributed by atoms with Crippen LogP contribution in [0.1, 0.15) is 17.6 Å². The highest BCUT2D eigenvalue weighted by atomic mass is 16.5. The third-order valence-electron chi connectivity index (χ3n) is 4.37. The van der Waals surface area contributed by atoms with E-state index in [1.165, 1.54) is 0 Å². The summed E-state index contributed by atoms with van der Waals surface area (Å²) in [5, 5.41) is 11.7. The van der Waals surface area contributed by atoms with Gasteiger partial charge in [0.1, 0.15) is 17.0 Å². The highest BCUT2D eigenvalue weighted by Crippen LogP contribution is 2.33. The average molecular weight is 325 g/mol. The molecule has 1 saturated heterocycles. The molecule has 0 spiro atoms. The number of hydrogen-bond donors (Lipinski definition) is 1. The fraction of sp³-hybridized carbons (Fsp3) is 0.353. The molecule has 1 atom stereocenters. The van der Waals surface area contributed by atoms with Crippen molar-refractivity contribution in [1.29, 1.82) is 0 Å². The molecule has 3 heterocycles. The van der Waals surface area contributed by atoms with Gasteiger partial charge in [-0.3, -0.25) is 4.90 Å². The molecule has 0 amide bonds. The summed E-state index contributed by atoms with van der Waals surface area (Å²) in [6.07, 6.45) is 0. The standard InChI is InChI=1S/C17H19N5O2/c1-11-14(15(20-23-11)12-6-4-3-5-7-12)17-19-16(21-24-17)13-10-18-8-9-22(13)2/h3-7,13,18H,8-10H2,1-2H3. The summed E-state index contributed by atoms with van der Waals surface area (Å²) in [7, 11) is 2.07. The minimum absolute atomic E-state index is 0.108. The Bertz CT molecular complexity index is 827. The Balaban J connectivity index is 1.72. The minimum Gasteiger partial charge on any atom is -0.360 e. The van der Waals surface area contributed by atoms with Gasteiger partial charge in [0.2, 0.25) is 0 Å². The van der Waals surface area contributed by atoms with Crippen molar-refractivity contribution in [3.8, 4) is 22.7 Å².